The normalized spacial score (nSPS) is 15.4. The minimum Gasteiger partial charge on any atom is -0.486 e. The second-order valence-corrected chi connectivity index (χ2v) is 3.92. The summed E-state index contributed by atoms with van der Waals surface area (Å²) in [6, 6.07) is 3.49. The summed E-state index contributed by atoms with van der Waals surface area (Å²) in [5.41, 5.74) is 6.43. The van der Waals surface area contributed by atoms with Crippen molar-refractivity contribution in [2.75, 3.05) is 32.7 Å². The summed E-state index contributed by atoms with van der Waals surface area (Å²) in [6.07, 6.45) is -0.0649. The molecular formula is C12H17NO4. The van der Waals surface area contributed by atoms with Crippen molar-refractivity contribution in [1.82, 2.24) is 0 Å². The first-order valence-corrected chi connectivity index (χ1v) is 5.55. The highest BCUT2D eigenvalue weighted by molar-refractivity contribution is 5.62. The Morgan fingerprint density at radius 2 is 1.94 bits per heavy atom. The molecule has 2 rings (SSSR count). The zero-order chi connectivity index (χ0) is 12.3. The predicted molar refractivity (Wildman–Crippen MR) is 63.8 cm³/mol. The van der Waals surface area contributed by atoms with E-state index in [2.05, 4.69) is 0 Å². The lowest BCUT2D eigenvalue weighted by molar-refractivity contribution is 0.0919. The summed E-state index contributed by atoms with van der Waals surface area (Å²) in [7, 11) is 1.63. The van der Waals surface area contributed by atoms with E-state index in [1.807, 2.05) is 6.92 Å². The number of methoxy groups -OCH3 is 1. The van der Waals surface area contributed by atoms with E-state index in [4.69, 9.17) is 24.7 Å². The van der Waals surface area contributed by atoms with E-state index in [1.54, 1.807) is 19.2 Å². The highest BCUT2D eigenvalue weighted by Crippen LogP contribution is 2.38. The van der Waals surface area contributed by atoms with Crippen molar-refractivity contribution in [3.8, 4) is 17.2 Å². The van der Waals surface area contributed by atoms with Gasteiger partial charge in [-0.2, -0.15) is 0 Å². The SMILES string of the molecule is COCC(C)Oc1cc2c(cc1N)OCCO2. The smallest absolute Gasteiger partial charge is 0.165 e. The van der Waals surface area contributed by atoms with Crippen LogP contribution in [0.3, 0.4) is 0 Å². The third kappa shape index (κ3) is 2.74. The van der Waals surface area contributed by atoms with E-state index < -0.39 is 0 Å². The lowest BCUT2D eigenvalue weighted by Crippen LogP contribution is -2.20. The summed E-state index contributed by atoms with van der Waals surface area (Å²) in [5.74, 6) is 1.93. The molecule has 0 radical (unpaired) electrons. The fraction of sp³-hybridized carbons (Fsp3) is 0.500. The number of nitrogen functional groups attached to an aromatic ring is 1. The van der Waals surface area contributed by atoms with Crippen LogP contribution in [0.1, 0.15) is 6.92 Å². The van der Waals surface area contributed by atoms with E-state index in [0.717, 1.165) is 0 Å². The molecule has 1 unspecified atom stereocenters. The summed E-state index contributed by atoms with van der Waals surface area (Å²) in [5, 5.41) is 0. The minimum absolute atomic E-state index is 0.0649. The third-order valence-corrected chi connectivity index (χ3v) is 2.40. The van der Waals surface area contributed by atoms with Gasteiger partial charge in [0.15, 0.2) is 11.5 Å². The number of hydrogen-bond donors (Lipinski definition) is 1. The third-order valence-electron chi connectivity index (χ3n) is 2.40. The van der Waals surface area contributed by atoms with Gasteiger partial charge in [-0.25, -0.2) is 0 Å². The lowest BCUT2D eigenvalue weighted by atomic mass is 10.2. The van der Waals surface area contributed by atoms with Crippen LogP contribution in [0, 0.1) is 0 Å². The Kier molecular flexibility index (Phi) is 3.58. The molecule has 94 valence electrons. The van der Waals surface area contributed by atoms with Crippen molar-refractivity contribution in [1.29, 1.82) is 0 Å². The van der Waals surface area contributed by atoms with Crippen molar-refractivity contribution in [3.05, 3.63) is 12.1 Å². The molecule has 1 atom stereocenters. The van der Waals surface area contributed by atoms with Crippen molar-refractivity contribution in [2.45, 2.75) is 13.0 Å². The Hall–Kier alpha value is -1.62. The van der Waals surface area contributed by atoms with Crippen LogP contribution in [0.15, 0.2) is 12.1 Å². The van der Waals surface area contributed by atoms with E-state index in [0.29, 0.717) is 42.8 Å². The van der Waals surface area contributed by atoms with Gasteiger partial charge in [0, 0.05) is 19.2 Å². The molecule has 0 aromatic heterocycles. The summed E-state index contributed by atoms with van der Waals surface area (Å²) in [6.45, 7) is 3.52. The maximum Gasteiger partial charge on any atom is 0.165 e. The number of rotatable bonds is 4. The Balaban J connectivity index is 2.16. The van der Waals surface area contributed by atoms with Gasteiger partial charge in [0.1, 0.15) is 25.1 Å². The van der Waals surface area contributed by atoms with E-state index in [9.17, 15) is 0 Å². The molecule has 0 fully saturated rings. The van der Waals surface area contributed by atoms with Crippen LogP contribution in [0.25, 0.3) is 0 Å². The molecule has 5 heteroatoms. The van der Waals surface area contributed by atoms with Crippen LogP contribution < -0.4 is 19.9 Å². The topological polar surface area (TPSA) is 62.9 Å². The molecule has 17 heavy (non-hydrogen) atoms. The molecule has 1 aromatic carbocycles. The van der Waals surface area contributed by atoms with Crippen molar-refractivity contribution in [3.63, 3.8) is 0 Å². The zero-order valence-corrected chi connectivity index (χ0v) is 10.1. The van der Waals surface area contributed by atoms with Gasteiger partial charge in [-0.1, -0.05) is 0 Å². The van der Waals surface area contributed by atoms with Gasteiger partial charge in [0.05, 0.1) is 12.3 Å². The highest BCUT2D eigenvalue weighted by Gasteiger charge is 2.16. The number of anilines is 1. The Morgan fingerprint density at radius 1 is 1.29 bits per heavy atom. The van der Waals surface area contributed by atoms with Crippen LogP contribution >= 0.6 is 0 Å². The molecule has 2 N–H and O–H groups in total. The number of nitrogens with two attached hydrogens (primary N) is 1. The quantitative estimate of drug-likeness (QED) is 0.806. The Morgan fingerprint density at radius 3 is 2.59 bits per heavy atom. The van der Waals surface area contributed by atoms with Gasteiger partial charge in [-0.3, -0.25) is 0 Å². The van der Waals surface area contributed by atoms with E-state index >= 15 is 0 Å². The molecule has 0 aliphatic carbocycles. The molecule has 0 saturated heterocycles. The monoisotopic (exact) mass is 239 g/mol. The summed E-state index contributed by atoms with van der Waals surface area (Å²) in [4.78, 5) is 0. The average molecular weight is 239 g/mol. The zero-order valence-electron chi connectivity index (χ0n) is 10.1. The van der Waals surface area contributed by atoms with Gasteiger partial charge in [-0.05, 0) is 6.92 Å². The molecule has 0 bridgehead atoms. The Bertz CT molecular complexity index is 394. The first kappa shape index (κ1) is 11.9. The van der Waals surface area contributed by atoms with Crippen LogP contribution in [0.5, 0.6) is 17.2 Å². The van der Waals surface area contributed by atoms with Crippen molar-refractivity contribution >= 4 is 5.69 Å². The first-order chi connectivity index (χ1) is 8.20. The van der Waals surface area contributed by atoms with Crippen LogP contribution in [0.4, 0.5) is 5.69 Å². The molecule has 1 aliphatic rings. The minimum atomic E-state index is -0.0649. The molecule has 1 heterocycles. The molecule has 0 saturated carbocycles. The van der Waals surface area contributed by atoms with Gasteiger partial charge < -0.3 is 24.7 Å². The lowest BCUT2D eigenvalue weighted by Gasteiger charge is -2.21. The molecule has 1 aliphatic heterocycles. The molecule has 5 nitrogen and oxygen atoms in total. The van der Waals surface area contributed by atoms with Crippen molar-refractivity contribution in [2.24, 2.45) is 0 Å². The van der Waals surface area contributed by atoms with E-state index in [1.165, 1.54) is 0 Å². The van der Waals surface area contributed by atoms with Gasteiger partial charge in [-0.15, -0.1) is 0 Å². The van der Waals surface area contributed by atoms with E-state index in [-0.39, 0.29) is 6.10 Å². The Labute approximate surface area is 100 Å². The second-order valence-electron chi connectivity index (χ2n) is 3.92. The van der Waals surface area contributed by atoms with Crippen LogP contribution in [0.2, 0.25) is 0 Å². The largest absolute Gasteiger partial charge is 0.486 e. The average Bonchev–Trinajstić information content (AvgIpc) is 2.30. The van der Waals surface area contributed by atoms with Gasteiger partial charge in [0.2, 0.25) is 0 Å². The fourth-order valence-electron chi connectivity index (χ4n) is 1.67. The maximum absolute atomic E-state index is 5.89. The standard InChI is InChI=1S/C12H17NO4/c1-8(7-14-2)17-10-6-12-11(5-9(10)13)15-3-4-16-12/h5-6,8H,3-4,7,13H2,1-2H3. The molecule has 0 amide bonds. The number of hydrogen-bond acceptors (Lipinski definition) is 5. The first-order valence-electron chi connectivity index (χ1n) is 5.55. The fourth-order valence-corrected chi connectivity index (χ4v) is 1.67. The summed E-state index contributed by atoms with van der Waals surface area (Å²) < 4.78 is 21.6. The van der Waals surface area contributed by atoms with Gasteiger partial charge >= 0.3 is 0 Å². The maximum atomic E-state index is 5.89. The molecule has 0 spiro atoms. The van der Waals surface area contributed by atoms with Crippen LogP contribution in [-0.4, -0.2) is 33.0 Å². The number of ether oxygens (including phenoxy) is 4. The number of fused-ring (bicyclic) bond motifs is 1. The van der Waals surface area contributed by atoms with Crippen molar-refractivity contribution < 1.29 is 18.9 Å². The van der Waals surface area contributed by atoms with Gasteiger partial charge in [0.25, 0.3) is 0 Å². The second kappa shape index (κ2) is 5.14. The highest BCUT2D eigenvalue weighted by atomic mass is 16.6. The number of benzene rings is 1. The molecular weight excluding hydrogens is 222 g/mol. The predicted octanol–water partition coefficient (Wildman–Crippen LogP) is 1.45. The summed E-state index contributed by atoms with van der Waals surface area (Å²) >= 11 is 0. The molecule has 1 aromatic rings. The van der Waals surface area contributed by atoms with Crippen LogP contribution in [-0.2, 0) is 4.74 Å².